The molecule has 0 spiro atoms. The van der Waals surface area contributed by atoms with Crippen molar-refractivity contribution in [1.82, 2.24) is 5.32 Å². The molecule has 1 heterocycles. The lowest BCUT2D eigenvalue weighted by atomic mass is 10.0. The van der Waals surface area contributed by atoms with Crippen LogP contribution in [0.5, 0.6) is 5.75 Å². The van der Waals surface area contributed by atoms with Gasteiger partial charge in [-0.05, 0) is 37.0 Å². The molecule has 102 valence electrons. The molecule has 0 aliphatic carbocycles. The number of ether oxygens (including phenoxy) is 2. The number of nitrogens with zero attached hydrogens (tertiary/aromatic N) is 1. The summed E-state index contributed by atoms with van der Waals surface area (Å²) >= 11 is 0. The van der Waals surface area contributed by atoms with Crippen molar-refractivity contribution in [2.45, 2.75) is 25.9 Å². The highest BCUT2D eigenvalue weighted by Crippen LogP contribution is 2.20. The van der Waals surface area contributed by atoms with Gasteiger partial charge in [0, 0.05) is 19.2 Å². The maximum atomic E-state index is 8.94. The summed E-state index contributed by atoms with van der Waals surface area (Å²) in [5.41, 5.74) is 1.70. The van der Waals surface area contributed by atoms with Crippen molar-refractivity contribution in [2.24, 2.45) is 5.92 Å². The second kappa shape index (κ2) is 6.55. The van der Waals surface area contributed by atoms with E-state index in [9.17, 15) is 0 Å². The zero-order valence-electron chi connectivity index (χ0n) is 11.5. The summed E-state index contributed by atoms with van der Waals surface area (Å²) in [6.45, 7) is 4.70. The average Bonchev–Trinajstić information content (AvgIpc) is 2.98. The van der Waals surface area contributed by atoms with Crippen LogP contribution in [0.4, 0.5) is 0 Å². The highest BCUT2D eigenvalue weighted by Gasteiger charge is 2.21. The van der Waals surface area contributed by atoms with E-state index in [-0.39, 0.29) is 0 Å². The molecule has 2 rings (SSSR count). The largest absolute Gasteiger partial charge is 0.495 e. The molecule has 2 atom stereocenters. The first kappa shape index (κ1) is 13.9. The zero-order chi connectivity index (χ0) is 13.7. The van der Waals surface area contributed by atoms with Gasteiger partial charge in [-0.2, -0.15) is 5.26 Å². The SMILES string of the molecule is COc1cc(CNC(C)C2CCOC2)ccc1C#N. The maximum Gasteiger partial charge on any atom is 0.136 e. The van der Waals surface area contributed by atoms with Gasteiger partial charge in [0.15, 0.2) is 0 Å². The molecule has 0 aromatic heterocycles. The number of methoxy groups -OCH3 is 1. The maximum absolute atomic E-state index is 8.94. The third kappa shape index (κ3) is 3.46. The van der Waals surface area contributed by atoms with Gasteiger partial charge in [-0.25, -0.2) is 0 Å². The summed E-state index contributed by atoms with van der Waals surface area (Å²) in [6, 6.07) is 8.24. The molecule has 1 N–H and O–H groups in total. The van der Waals surface area contributed by atoms with Gasteiger partial charge in [-0.1, -0.05) is 6.07 Å². The molecule has 0 bridgehead atoms. The first-order chi connectivity index (χ1) is 9.24. The average molecular weight is 260 g/mol. The molecule has 1 fully saturated rings. The van der Waals surface area contributed by atoms with Crippen LogP contribution in [-0.2, 0) is 11.3 Å². The molecule has 0 amide bonds. The Morgan fingerprint density at radius 2 is 2.42 bits per heavy atom. The van der Waals surface area contributed by atoms with Crippen LogP contribution in [0.1, 0.15) is 24.5 Å². The Balaban J connectivity index is 1.94. The van der Waals surface area contributed by atoms with Crippen molar-refractivity contribution in [2.75, 3.05) is 20.3 Å². The van der Waals surface area contributed by atoms with Crippen LogP contribution < -0.4 is 10.1 Å². The molecule has 1 aromatic rings. The van der Waals surface area contributed by atoms with Gasteiger partial charge in [0.1, 0.15) is 11.8 Å². The second-order valence-corrected chi connectivity index (χ2v) is 4.94. The van der Waals surface area contributed by atoms with Crippen molar-refractivity contribution in [3.63, 3.8) is 0 Å². The van der Waals surface area contributed by atoms with Crippen LogP contribution in [0.3, 0.4) is 0 Å². The quantitative estimate of drug-likeness (QED) is 0.880. The minimum Gasteiger partial charge on any atom is -0.495 e. The van der Waals surface area contributed by atoms with E-state index in [1.165, 1.54) is 0 Å². The standard InChI is InChI=1S/C15H20N2O2/c1-11(14-5-6-19-10-14)17-9-12-3-4-13(8-16)15(7-12)18-2/h3-4,7,11,14,17H,5-6,9-10H2,1-2H3. The number of nitriles is 1. The molecule has 1 aliphatic heterocycles. The summed E-state index contributed by atoms with van der Waals surface area (Å²) < 4.78 is 10.6. The number of rotatable bonds is 5. The van der Waals surface area contributed by atoms with Gasteiger partial charge in [-0.15, -0.1) is 0 Å². The second-order valence-electron chi connectivity index (χ2n) is 4.94. The fourth-order valence-corrected chi connectivity index (χ4v) is 2.33. The molecular weight excluding hydrogens is 240 g/mol. The van der Waals surface area contributed by atoms with Crippen molar-refractivity contribution in [3.8, 4) is 11.8 Å². The Morgan fingerprint density at radius 3 is 3.05 bits per heavy atom. The molecule has 19 heavy (non-hydrogen) atoms. The smallest absolute Gasteiger partial charge is 0.136 e. The van der Waals surface area contributed by atoms with Gasteiger partial charge < -0.3 is 14.8 Å². The van der Waals surface area contributed by atoms with Gasteiger partial charge in [0.05, 0.1) is 19.3 Å². The summed E-state index contributed by atoms with van der Waals surface area (Å²) in [7, 11) is 1.59. The van der Waals surface area contributed by atoms with E-state index in [0.717, 1.165) is 31.7 Å². The Bertz CT molecular complexity index is 462. The van der Waals surface area contributed by atoms with Gasteiger partial charge >= 0.3 is 0 Å². The summed E-state index contributed by atoms with van der Waals surface area (Å²) in [6.07, 6.45) is 1.13. The van der Waals surface area contributed by atoms with Crippen LogP contribution in [-0.4, -0.2) is 26.4 Å². The Labute approximate surface area is 114 Å². The van der Waals surface area contributed by atoms with E-state index in [1.807, 2.05) is 12.1 Å². The predicted octanol–water partition coefficient (Wildman–Crippen LogP) is 2.08. The Kier molecular flexibility index (Phi) is 4.78. The summed E-state index contributed by atoms with van der Waals surface area (Å²) in [5.74, 6) is 1.24. The van der Waals surface area contributed by atoms with Crippen molar-refractivity contribution in [1.29, 1.82) is 5.26 Å². The molecule has 1 saturated heterocycles. The molecule has 2 unspecified atom stereocenters. The summed E-state index contributed by atoms with van der Waals surface area (Å²) in [5, 5.41) is 12.5. The first-order valence-electron chi connectivity index (χ1n) is 6.62. The molecule has 4 nitrogen and oxygen atoms in total. The van der Waals surface area contributed by atoms with Crippen LogP contribution in [0.25, 0.3) is 0 Å². The minimum absolute atomic E-state index is 0.434. The third-order valence-electron chi connectivity index (χ3n) is 3.69. The van der Waals surface area contributed by atoms with Crippen LogP contribution >= 0.6 is 0 Å². The predicted molar refractivity (Wildman–Crippen MR) is 72.9 cm³/mol. The van der Waals surface area contributed by atoms with Crippen LogP contribution in [0.15, 0.2) is 18.2 Å². The molecule has 0 radical (unpaired) electrons. The summed E-state index contributed by atoms with van der Waals surface area (Å²) in [4.78, 5) is 0. The lowest BCUT2D eigenvalue weighted by Gasteiger charge is -2.19. The van der Waals surface area contributed by atoms with Gasteiger partial charge in [-0.3, -0.25) is 0 Å². The van der Waals surface area contributed by atoms with Crippen LogP contribution in [0.2, 0.25) is 0 Å². The van der Waals surface area contributed by atoms with E-state index >= 15 is 0 Å². The Morgan fingerprint density at radius 1 is 1.58 bits per heavy atom. The number of hydrogen-bond acceptors (Lipinski definition) is 4. The first-order valence-corrected chi connectivity index (χ1v) is 6.62. The number of nitrogens with one attached hydrogen (secondary N) is 1. The molecule has 4 heteroatoms. The third-order valence-corrected chi connectivity index (χ3v) is 3.69. The van der Waals surface area contributed by atoms with Crippen molar-refractivity contribution < 1.29 is 9.47 Å². The fraction of sp³-hybridized carbons (Fsp3) is 0.533. The molecular formula is C15H20N2O2. The monoisotopic (exact) mass is 260 g/mol. The number of hydrogen-bond donors (Lipinski definition) is 1. The lowest BCUT2D eigenvalue weighted by molar-refractivity contribution is 0.178. The van der Waals surface area contributed by atoms with E-state index < -0.39 is 0 Å². The molecule has 1 aliphatic rings. The van der Waals surface area contributed by atoms with E-state index in [4.69, 9.17) is 14.7 Å². The van der Waals surface area contributed by atoms with Crippen molar-refractivity contribution >= 4 is 0 Å². The van der Waals surface area contributed by atoms with Crippen LogP contribution in [0, 0.1) is 17.2 Å². The normalized spacial score (nSPS) is 19.9. The van der Waals surface area contributed by atoms with Crippen molar-refractivity contribution in [3.05, 3.63) is 29.3 Å². The van der Waals surface area contributed by atoms with Gasteiger partial charge in [0.2, 0.25) is 0 Å². The van der Waals surface area contributed by atoms with Gasteiger partial charge in [0.25, 0.3) is 0 Å². The highest BCUT2D eigenvalue weighted by atomic mass is 16.5. The zero-order valence-corrected chi connectivity index (χ0v) is 11.5. The topological polar surface area (TPSA) is 54.3 Å². The van der Waals surface area contributed by atoms with E-state index in [1.54, 1.807) is 13.2 Å². The molecule has 1 aromatic carbocycles. The highest BCUT2D eigenvalue weighted by molar-refractivity contribution is 5.45. The Hall–Kier alpha value is -1.57. The minimum atomic E-state index is 0.434. The van der Waals surface area contributed by atoms with E-state index in [0.29, 0.717) is 23.3 Å². The molecule has 0 saturated carbocycles. The number of benzene rings is 1. The van der Waals surface area contributed by atoms with E-state index in [2.05, 4.69) is 18.3 Å². The fourth-order valence-electron chi connectivity index (χ4n) is 2.33. The lowest BCUT2D eigenvalue weighted by Crippen LogP contribution is -2.33.